The van der Waals surface area contributed by atoms with Gasteiger partial charge in [-0.05, 0) is 43.6 Å². The third-order valence-electron chi connectivity index (χ3n) is 3.01. The first-order valence-corrected chi connectivity index (χ1v) is 6.94. The van der Waals surface area contributed by atoms with Crippen molar-refractivity contribution >= 4 is 22.9 Å². The molecule has 1 unspecified atom stereocenters. The second-order valence-electron chi connectivity index (χ2n) is 4.16. The summed E-state index contributed by atoms with van der Waals surface area (Å²) in [6.45, 7) is 0. The minimum absolute atomic E-state index is 0.164. The molecule has 88 valence electrons. The number of rotatable bonds is 4. The summed E-state index contributed by atoms with van der Waals surface area (Å²) < 4.78 is 0. The highest BCUT2D eigenvalue weighted by Gasteiger charge is 2.17. The summed E-state index contributed by atoms with van der Waals surface area (Å²) in [5, 5.41) is 2.83. The van der Waals surface area contributed by atoms with E-state index in [2.05, 4.69) is 11.5 Å². The van der Waals surface area contributed by atoms with E-state index in [1.165, 1.54) is 31.3 Å². The Morgan fingerprint density at radius 2 is 2.38 bits per heavy atom. The zero-order valence-corrected chi connectivity index (χ0v) is 10.8. The van der Waals surface area contributed by atoms with E-state index in [1.807, 2.05) is 11.4 Å². The molecule has 1 aromatic rings. The number of nitrogens with two attached hydrogens (primary N) is 1. The van der Waals surface area contributed by atoms with Gasteiger partial charge in [0.1, 0.15) is 0 Å². The maximum Gasteiger partial charge on any atom is 0.0605 e. The number of nitrogens with one attached hydrogen (secondary N) is 1. The molecule has 0 fully saturated rings. The molecule has 0 saturated heterocycles. The summed E-state index contributed by atoms with van der Waals surface area (Å²) in [4.78, 5) is 1.15. The summed E-state index contributed by atoms with van der Waals surface area (Å²) >= 11 is 7.80. The third-order valence-corrected chi connectivity index (χ3v) is 4.49. The van der Waals surface area contributed by atoms with Crippen molar-refractivity contribution in [2.24, 2.45) is 5.84 Å². The predicted molar refractivity (Wildman–Crippen MR) is 70.6 cm³/mol. The molecule has 3 N–H and O–H groups in total. The summed E-state index contributed by atoms with van der Waals surface area (Å²) in [5.41, 5.74) is 4.39. The van der Waals surface area contributed by atoms with Crippen LogP contribution < -0.4 is 11.3 Å². The predicted octanol–water partition coefficient (Wildman–Crippen LogP) is 3.80. The van der Waals surface area contributed by atoms with Crippen LogP contribution in [0.15, 0.2) is 23.1 Å². The van der Waals surface area contributed by atoms with Crippen LogP contribution in [0.25, 0.3) is 0 Å². The van der Waals surface area contributed by atoms with Gasteiger partial charge in [-0.3, -0.25) is 11.3 Å². The molecule has 1 aliphatic rings. The second kappa shape index (κ2) is 5.82. The van der Waals surface area contributed by atoms with Crippen LogP contribution in [0.3, 0.4) is 0 Å². The van der Waals surface area contributed by atoms with Crippen molar-refractivity contribution < 1.29 is 0 Å². The lowest BCUT2D eigenvalue weighted by molar-refractivity contribution is 0.536. The number of allylic oxidation sites excluding steroid dienone is 1. The summed E-state index contributed by atoms with van der Waals surface area (Å²) in [6.07, 6.45) is 8.39. The highest BCUT2D eigenvalue weighted by Crippen LogP contribution is 2.33. The Bertz CT molecular complexity index is 373. The molecular weight excluding hydrogens is 240 g/mol. The lowest BCUT2D eigenvalue weighted by Crippen LogP contribution is -2.28. The first-order chi connectivity index (χ1) is 7.81. The number of halogens is 1. The number of thiophene rings is 1. The van der Waals surface area contributed by atoms with E-state index in [0.29, 0.717) is 0 Å². The van der Waals surface area contributed by atoms with Crippen molar-refractivity contribution in [1.29, 1.82) is 0 Å². The van der Waals surface area contributed by atoms with Gasteiger partial charge >= 0.3 is 0 Å². The van der Waals surface area contributed by atoms with Gasteiger partial charge in [0.05, 0.1) is 11.1 Å². The van der Waals surface area contributed by atoms with E-state index in [0.717, 1.165) is 16.3 Å². The SMILES string of the molecule is NNC(CC1=CCCCC1)c1sccc1Cl. The van der Waals surface area contributed by atoms with Crippen LogP contribution in [0.1, 0.15) is 43.0 Å². The fourth-order valence-electron chi connectivity index (χ4n) is 2.13. The van der Waals surface area contributed by atoms with Gasteiger partial charge in [-0.1, -0.05) is 23.3 Å². The largest absolute Gasteiger partial charge is 0.271 e. The Labute approximate surface area is 105 Å². The van der Waals surface area contributed by atoms with E-state index in [9.17, 15) is 0 Å². The highest BCUT2D eigenvalue weighted by atomic mass is 35.5. The van der Waals surface area contributed by atoms with Crippen LogP contribution in [0.2, 0.25) is 5.02 Å². The topological polar surface area (TPSA) is 38.0 Å². The second-order valence-corrected chi connectivity index (χ2v) is 5.52. The molecule has 1 aromatic heterocycles. The van der Waals surface area contributed by atoms with Crippen molar-refractivity contribution in [3.63, 3.8) is 0 Å². The first kappa shape index (κ1) is 12.1. The van der Waals surface area contributed by atoms with Crippen LogP contribution in [0.5, 0.6) is 0 Å². The lowest BCUT2D eigenvalue weighted by Gasteiger charge is -2.19. The lowest BCUT2D eigenvalue weighted by atomic mass is 9.94. The van der Waals surface area contributed by atoms with Crippen molar-refractivity contribution in [2.45, 2.75) is 38.1 Å². The van der Waals surface area contributed by atoms with E-state index in [4.69, 9.17) is 17.4 Å². The van der Waals surface area contributed by atoms with Crippen molar-refractivity contribution in [1.82, 2.24) is 5.43 Å². The number of hydrogen-bond acceptors (Lipinski definition) is 3. The number of hydrogen-bond donors (Lipinski definition) is 2. The zero-order chi connectivity index (χ0) is 11.4. The zero-order valence-electron chi connectivity index (χ0n) is 9.21. The fraction of sp³-hybridized carbons (Fsp3) is 0.500. The van der Waals surface area contributed by atoms with E-state index in [-0.39, 0.29) is 6.04 Å². The van der Waals surface area contributed by atoms with Crippen molar-refractivity contribution in [3.05, 3.63) is 33.0 Å². The molecule has 2 nitrogen and oxygen atoms in total. The van der Waals surface area contributed by atoms with Gasteiger partial charge in [-0.15, -0.1) is 11.3 Å². The molecule has 16 heavy (non-hydrogen) atoms. The molecule has 0 spiro atoms. The molecule has 0 amide bonds. The van der Waals surface area contributed by atoms with Crippen LogP contribution in [0, 0.1) is 0 Å². The molecule has 4 heteroatoms. The Morgan fingerprint density at radius 1 is 1.50 bits per heavy atom. The summed E-state index contributed by atoms with van der Waals surface area (Å²) in [6, 6.07) is 2.10. The maximum absolute atomic E-state index is 6.13. The van der Waals surface area contributed by atoms with Crippen LogP contribution in [-0.2, 0) is 0 Å². The summed E-state index contributed by atoms with van der Waals surface area (Å²) in [5.74, 6) is 5.62. The monoisotopic (exact) mass is 256 g/mol. The number of hydrazine groups is 1. The average Bonchev–Trinajstić information content (AvgIpc) is 2.74. The van der Waals surface area contributed by atoms with Gasteiger partial charge in [-0.25, -0.2) is 0 Å². The molecule has 0 saturated carbocycles. The minimum Gasteiger partial charge on any atom is -0.271 e. The average molecular weight is 257 g/mol. The molecule has 1 aliphatic carbocycles. The quantitative estimate of drug-likeness (QED) is 0.489. The highest BCUT2D eigenvalue weighted by molar-refractivity contribution is 7.10. The van der Waals surface area contributed by atoms with E-state index in [1.54, 1.807) is 11.3 Å². The molecular formula is C12H17ClN2S. The van der Waals surface area contributed by atoms with Crippen molar-refractivity contribution in [3.8, 4) is 0 Å². The molecule has 1 atom stereocenters. The van der Waals surface area contributed by atoms with Crippen molar-refractivity contribution in [2.75, 3.05) is 0 Å². The Kier molecular flexibility index (Phi) is 4.41. The van der Waals surface area contributed by atoms with Crippen LogP contribution >= 0.6 is 22.9 Å². The van der Waals surface area contributed by atoms with E-state index < -0.39 is 0 Å². The third kappa shape index (κ3) is 2.86. The fourth-order valence-corrected chi connectivity index (χ4v) is 3.38. The molecule has 0 radical (unpaired) electrons. The van der Waals surface area contributed by atoms with Gasteiger partial charge in [-0.2, -0.15) is 0 Å². The Hall–Kier alpha value is -0.350. The molecule has 0 bridgehead atoms. The van der Waals surface area contributed by atoms with Gasteiger partial charge in [0.25, 0.3) is 0 Å². The molecule has 0 aliphatic heterocycles. The van der Waals surface area contributed by atoms with Crippen LogP contribution in [-0.4, -0.2) is 0 Å². The molecule has 0 aromatic carbocycles. The normalized spacial score (nSPS) is 18.2. The first-order valence-electron chi connectivity index (χ1n) is 5.68. The maximum atomic E-state index is 6.13. The standard InChI is InChI=1S/C12H17ClN2S/c13-10-6-7-16-12(10)11(15-14)8-9-4-2-1-3-5-9/h4,6-7,11,15H,1-3,5,8,14H2. The summed E-state index contributed by atoms with van der Waals surface area (Å²) in [7, 11) is 0. The van der Waals surface area contributed by atoms with Gasteiger partial charge in [0.2, 0.25) is 0 Å². The van der Waals surface area contributed by atoms with E-state index >= 15 is 0 Å². The van der Waals surface area contributed by atoms with Crippen LogP contribution in [0.4, 0.5) is 0 Å². The molecule has 2 rings (SSSR count). The van der Waals surface area contributed by atoms with Gasteiger partial charge < -0.3 is 0 Å². The minimum atomic E-state index is 0.164. The van der Waals surface area contributed by atoms with Gasteiger partial charge in [0.15, 0.2) is 0 Å². The smallest absolute Gasteiger partial charge is 0.0605 e. The Balaban J connectivity index is 2.06. The van der Waals surface area contributed by atoms with Gasteiger partial charge in [0, 0.05) is 4.88 Å². The Morgan fingerprint density at radius 3 is 2.94 bits per heavy atom. The molecule has 1 heterocycles.